The summed E-state index contributed by atoms with van der Waals surface area (Å²) in [5.74, 6) is 2.22. The summed E-state index contributed by atoms with van der Waals surface area (Å²) in [5, 5.41) is 5.51. The number of nitrogens with zero attached hydrogens (tertiary/aromatic N) is 4. The molecule has 2 saturated heterocycles. The molecule has 0 radical (unpaired) electrons. The molecule has 1 saturated carbocycles. The Bertz CT molecular complexity index is 2340. The Morgan fingerprint density at radius 1 is 0.698 bits per heavy atom. The maximum Gasteiger partial charge on any atom is 0.407 e. The first-order valence-electron chi connectivity index (χ1n) is 22.7. The van der Waals surface area contributed by atoms with E-state index in [0.717, 1.165) is 41.4 Å². The van der Waals surface area contributed by atoms with Gasteiger partial charge >= 0.3 is 12.2 Å². The third kappa shape index (κ3) is 8.57. The summed E-state index contributed by atoms with van der Waals surface area (Å²) in [6.45, 7) is 15.3. The van der Waals surface area contributed by atoms with Crippen LogP contribution in [0.4, 0.5) is 9.59 Å². The number of carbonyl (C=O) groups excluding carboxylic acids is 4. The number of methoxy groups -OCH3 is 2. The fourth-order valence-corrected chi connectivity index (χ4v) is 10.8. The van der Waals surface area contributed by atoms with Crippen molar-refractivity contribution in [3.63, 3.8) is 0 Å². The topological polar surface area (TPSA) is 175 Å². The number of rotatable bonds is 11. The van der Waals surface area contributed by atoms with Crippen LogP contribution in [0.25, 0.3) is 33.6 Å². The molecule has 336 valence electrons. The first kappa shape index (κ1) is 44.0. The molecule has 0 spiro atoms. The van der Waals surface area contributed by atoms with Gasteiger partial charge in [-0.1, -0.05) is 84.9 Å². The molecule has 4 aromatic rings. The number of imidazole rings is 2. The number of aromatic amines is 2. The third-order valence-electron chi connectivity index (χ3n) is 14.0. The fraction of sp³-hybridized carbons (Fsp3) is 0.551. The number of fused-ring (bicyclic) bond motifs is 2. The molecule has 5 aliphatic rings. The van der Waals surface area contributed by atoms with Gasteiger partial charge in [0.05, 0.1) is 50.1 Å². The van der Waals surface area contributed by atoms with Gasteiger partial charge in [-0.25, -0.2) is 19.6 Å². The van der Waals surface area contributed by atoms with Crippen LogP contribution in [0.2, 0.25) is 0 Å². The molecule has 5 atom stereocenters. The Balaban J connectivity index is 1.05. The Morgan fingerprint density at radius 2 is 1.19 bits per heavy atom. The van der Waals surface area contributed by atoms with E-state index in [0.29, 0.717) is 24.9 Å². The van der Waals surface area contributed by atoms with E-state index >= 15 is 0 Å². The highest BCUT2D eigenvalue weighted by Crippen LogP contribution is 2.55. The average molecular weight is 861 g/mol. The number of benzene rings is 2. The van der Waals surface area contributed by atoms with Crippen molar-refractivity contribution in [1.82, 2.24) is 40.4 Å². The average Bonchev–Trinajstić information content (AvgIpc) is 4.10. The van der Waals surface area contributed by atoms with Crippen LogP contribution in [0, 0.1) is 23.2 Å². The first-order valence-corrected chi connectivity index (χ1v) is 22.7. The lowest BCUT2D eigenvalue weighted by atomic mass is 9.64. The van der Waals surface area contributed by atoms with Gasteiger partial charge in [-0.15, -0.1) is 0 Å². The van der Waals surface area contributed by atoms with Gasteiger partial charge in [-0.2, -0.15) is 0 Å². The number of likely N-dealkylation sites (tertiary alicyclic amines) is 2. The minimum absolute atomic E-state index is 0.114. The normalized spacial score (nSPS) is 23.4. The van der Waals surface area contributed by atoms with Crippen LogP contribution < -0.4 is 10.6 Å². The Kier molecular flexibility index (Phi) is 12.2. The van der Waals surface area contributed by atoms with Gasteiger partial charge in [0.2, 0.25) is 11.8 Å². The number of hydrogen-bond acceptors (Lipinski definition) is 8. The van der Waals surface area contributed by atoms with Crippen molar-refractivity contribution in [3.05, 3.63) is 71.6 Å². The van der Waals surface area contributed by atoms with Gasteiger partial charge in [-0.3, -0.25) is 9.59 Å². The zero-order valence-corrected chi connectivity index (χ0v) is 38.2. The lowest BCUT2D eigenvalue weighted by Gasteiger charge is -2.41. The molecule has 0 unspecified atom stereocenters. The van der Waals surface area contributed by atoms with E-state index in [1.165, 1.54) is 67.7 Å². The predicted octanol–water partition coefficient (Wildman–Crippen LogP) is 8.86. The van der Waals surface area contributed by atoms with E-state index < -0.39 is 24.3 Å². The highest BCUT2D eigenvalue weighted by Gasteiger charge is 2.45. The lowest BCUT2D eigenvalue weighted by Crippen LogP contribution is -2.51. The van der Waals surface area contributed by atoms with Gasteiger partial charge < -0.3 is 39.9 Å². The molecule has 4 N–H and O–H groups in total. The number of carbonyl (C=O) groups is 4. The summed E-state index contributed by atoms with van der Waals surface area (Å²) in [6.07, 6.45) is 8.76. The second-order valence-corrected chi connectivity index (χ2v) is 19.9. The van der Waals surface area contributed by atoms with Gasteiger partial charge in [0, 0.05) is 18.7 Å². The van der Waals surface area contributed by atoms with E-state index in [1.54, 1.807) is 0 Å². The smallest absolute Gasteiger partial charge is 0.407 e. The molecule has 3 fully saturated rings. The molecule has 2 aliphatic heterocycles. The highest BCUT2D eigenvalue weighted by molar-refractivity contribution is 5.87. The third-order valence-corrected chi connectivity index (χ3v) is 14.0. The fourth-order valence-electron chi connectivity index (χ4n) is 10.8. The number of H-pyrrole nitrogens is 2. The maximum atomic E-state index is 14.1. The second kappa shape index (κ2) is 17.5. The van der Waals surface area contributed by atoms with Crippen LogP contribution in [0.1, 0.15) is 134 Å². The lowest BCUT2D eigenvalue weighted by molar-refractivity contribution is -0.136. The van der Waals surface area contributed by atoms with E-state index in [9.17, 15) is 19.2 Å². The van der Waals surface area contributed by atoms with Crippen molar-refractivity contribution in [3.8, 4) is 33.6 Å². The molecule has 14 heteroatoms. The van der Waals surface area contributed by atoms with Crippen LogP contribution in [0.15, 0.2) is 48.8 Å². The molecule has 14 nitrogen and oxygen atoms in total. The highest BCUT2D eigenvalue weighted by atomic mass is 16.5. The summed E-state index contributed by atoms with van der Waals surface area (Å²) in [5.41, 5.74) is 9.20. The van der Waals surface area contributed by atoms with Gasteiger partial charge in [0.1, 0.15) is 23.7 Å². The quantitative estimate of drug-likeness (QED) is 0.116. The van der Waals surface area contributed by atoms with E-state index in [1.807, 2.05) is 49.9 Å². The Labute approximate surface area is 370 Å². The molecule has 2 aromatic heterocycles. The van der Waals surface area contributed by atoms with Crippen LogP contribution in [-0.4, -0.2) is 93.1 Å². The molecule has 63 heavy (non-hydrogen) atoms. The number of nitrogens with one attached hydrogen (secondary N) is 4. The van der Waals surface area contributed by atoms with Crippen LogP contribution in [0.5, 0.6) is 0 Å². The summed E-state index contributed by atoms with van der Waals surface area (Å²) in [7, 11) is 2.61. The minimum atomic E-state index is -0.713. The molecule has 9 rings (SSSR count). The van der Waals surface area contributed by atoms with Crippen molar-refractivity contribution in [2.24, 2.45) is 23.2 Å². The van der Waals surface area contributed by atoms with E-state index in [-0.39, 0.29) is 47.1 Å². The number of hydrogen-bond donors (Lipinski definition) is 4. The summed E-state index contributed by atoms with van der Waals surface area (Å²) >= 11 is 0. The predicted molar refractivity (Wildman–Crippen MR) is 240 cm³/mol. The van der Waals surface area contributed by atoms with Crippen molar-refractivity contribution in [1.29, 1.82) is 0 Å². The zero-order valence-electron chi connectivity index (χ0n) is 38.2. The molecule has 2 aromatic carbocycles. The van der Waals surface area contributed by atoms with Gasteiger partial charge in [0.25, 0.3) is 0 Å². The number of ether oxygens (including phenoxy) is 2. The van der Waals surface area contributed by atoms with Crippen molar-refractivity contribution in [2.75, 3.05) is 27.3 Å². The van der Waals surface area contributed by atoms with Crippen LogP contribution in [0.3, 0.4) is 0 Å². The van der Waals surface area contributed by atoms with Gasteiger partial charge in [-0.05, 0) is 101 Å². The SMILES string of the molecule is COC(=O)N[C@H](C(=O)N1C[C@H](C)C[C@H]1c1ncc(-c2ccc(-c3ccc(-c4cnc([C@@H]5CC(C)(C)CN5C(=O)[C@@H](NC(=O)OC)C(C)C)[nH]4)c4c3C3CCC4CC3)cc2)[nH]1)C(C)C. The second-order valence-electron chi connectivity index (χ2n) is 19.9. The molecule has 4 amide bonds. The molecule has 4 heterocycles. The van der Waals surface area contributed by atoms with E-state index in [2.05, 4.69) is 77.8 Å². The van der Waals surface area contributed by atoms with Crippen LogP contribution >= 0.6 is 0 Å². The Hall–Kier alpha value is -5.66. The van der Waals surface area contributed by atoms with Crippen molar-refractivity contribution in [2.45, 2.75) is 123 Å². The number of amides is 4. The largest absolute Gasteiger partial charge is 0.453 e. The zero-order chi connectivity index (χ0) is 44.9. The number of alkyl carbamates (subject to hydrolysis) is 2. The van der Waals surface area contributed by atoms with Gasteiger partial charge in [0.15, 0.2) is 0 Å². The first-order chi connectivity index (χ1) is 30.1. The summed E-state index contributed by atoms with van der Waals surface area (Å²) in [6, 6.07) is 11.3. The maximum absolute atomic E-state index is 14.1. The van der Waals surface area contributed by atoms with Crippen molar-refractivity contribution >= 4 is 24.0 Å². The summed E-state index contributed by atoms with van der Waals surface area (Å²) < 4.78 is 9.68. The van der Waals surface area contributed by atoms with E-state index in [4.69, 9.17) is 19.4 Å². The molecule has 3 aliphatic carbocycles. The summed E-state index contributed by atoms with van der Waals surface area (Å²) in [4.78, 5) is 73.0. The Morgan fingerprint density at radius 3 is 1.76 bits per heavy atom. The monoisotopic (exact) mass is 860 g/mol. The van der Waals surface area contributed by atoms with Crippen LogP contribution in [-0.2, 0) is 19.1 Å². The molecule has 2 bridgehead atoms. The molecular formula is C49H64N8O6. The number of aromatic nitrogens is 4. The standard InChI is InChI=1S/C49H64N8O6/c1-26(2)41(54-47(60)62-8)45(58)56-24-28(5)20-37(56)43-50-22-35(52-43)30-12-10-29(11-13-30)33-18-19-34(40-32-16-14-31(15-17-32)39(33)40)36-23-51-44(53-36)38-21-49(6,7)25-57(38)46(59)42(27(3)4)55-48(61)63-9/h10-13,18-19,22-23,26-28,31-32,37-38,41-42H,14-17,20-21,24-25H2,1-9H3,(H,50,52)(H,51,53)(H,54,60)(H,55,61)/t28-,31?,32?,37+,38+,41+,42+/m1/s1. The minimum Gasteiger partial charge on any atom is -0.453 e. The molecular weight excluding hydrogens is 797 g/mol. The van der Waals surface area contributed by atoms with Crippen molar-refractivity contribution < 1.29 is 28.7 Å².